The van der Waals surface area contributed by atoms with Gasteiger partial charge in [0.25, 0.3) is 0 Å². The largest absolute Gasteiger partial charge is 0.377 e. The fourth-order valence-corrected chi connectivity index (χ4v) is 3.36. The Morgan fingerprint density at radius 1 is 1.40 bits per heavy atom. The van der Waals surface area contributed by atoms with Gasteiger partial charge in [-0.1, -0.05) is 28.1 Å². The Balaban J connectivity index is 2.13. The van der Waals surface area contributed by atoms with E-state index in [2.05, 4.69) is 58.9 Å². The minimum absolute atomic E-state index is 0.108. The van der Waals surface area contributed by atoms with Crippen LogP contribution in [-0.2, 0) is 4.74 Å². The monoisotopic (exact) mass is 340 g/mol. The lowest BCUT2D eigenvalue weighted by atomic mass is 9.96. The van der Waals surface area contributed by atoms with Crippen molar-refractivity contribution in [3.8, 4) is 0 Å². The Labute approximate surface area is 130 Å². The van der Waals surface area contributed by atoms with Gasteiger partial charge in [-0.3, -0.25) is 4.90 Å². The lowest BCUT2D eigenvalue weighted by molar-refractivity contribution is -0.0106. The van der Waals surface area contributed by atoms with Crippen molar-refractivity contribution >= 4 is 15.9 Å². The first-order valence-electron chi connectivity index (χ1n) is 7.48. The fraction of sp³-hybridized carbons (Fsp3) is 0.625. The molecule has 0 amide bonds. The van der Waals surface area contributed by atoms with Crippen LogP contribution >= 0.6 is 15.9 Å². The summed E-state index contributed by atoms with van der Waals surface area (Å²) in [7, 11) is 0. The van der Waals surface area contributed by atoms with Crippen LogP contribution in [-0.4, -0.2) is 36.7 Å². The van der Waals surface area contributed by atoms with Crippen molar-refractivity contribution in [1.82, 2.24) is 4.90 Å². The molecule has 3 atom stereocenters. The van der Waals surface area contributed by atoms with E-state index >= 15 is 0 Å². The van der Waals surface area contributed by atoms with Gasteiger partial charge in [-0.15, -0.1) is 0 Å². The molecule has 3 unspecified atom stereocenters. The molecule has 1 aliphatic rings. The highest BCUT2D eigenvalue weighted by molar-refractivity contribution is 9.10. The first-order chi connectivity index (χ1) is 9.61. The molecule has 20 heavy (non-hydrogen) atoms. The zero-order valence-electron chi connectivity index (χ0n) is 12.4. The summed E-state index contributed by atoms with van der Waals surface area (Å²) in [5.74, 6) is 0. The highest BCUT2D eigenvalue weighted by atomic mass is 79.9. The minimum Gasteiger partial charge on any atom is -0.377 e. The molecule has 0 radical (unpaired) electrons. The molecule has 0 saturated carbocycles. The topological polar surface area (TPSA) is 38.5 Å². The molecular weight excluding hydrogens is 316 g/mol. The van der Waals surface area contributed by atoms with Crippen LogP contribution in [0, 0.1) is 0 Å². The van der Waals surface area contributed by atoms with Gasteiger partial charge in [0.1, 0.15) is 0 Å². The van der Waals surface area contributed by atoms with E-state index in [-0.39, 0.29) is 12.1 Å². The lowest BCUT2D eigenvalue weighted by Crippen LogP contribution is -2.46. The van der Waals surface area contributed by atoms with Crippen LogP contribution < -0.4 is 5.73 Å². The standard InChI is InChI=1S/C16H25BrN2O/c1-3-20-15-5-4-10-19(11-15)16(12(2)18)13-6-8-14(17)9-7-13/h6-9,12,15-16H,3-5,10-11,18H2,1-2H3. The van der Waals surface area contributed by atoms with Crippen molar-refractivity contribution in [3.05, 3.63) is 34.3 Å². The van der Waals surface area contributed by atoms with Crippen LogP contribution in [0.2, 0.25) is 0 Å². The second-order valence-electron chi connectivity index (χ2n) is 5.57. The van der Waals surface area contributed by atoms with Gasteiger partial charge >= 0.3 is 0 Å². The van der Waals surface area contributed by atoms with E-state index in [9.17, 15) is 0 Å². The maximum atomic E-state index is 6.26. The highest BCUT2D eigenvalue weighted by Crippen LogP contribution is 2.28. The molecule has 2 rings (SSSR count). The van der Waals surface area contributed by atoms with Crippen molar-refractivity contribution in [1.29, 1.82) is 0 Å². The first-order valence-corrected chi connectivity index (χ1v) is 8.27. The lowest BCUT2D eigenvalue weighted by Gasteiger charge is -2.40. The molecule has 0 aliphatic carbocycles. The normalized spacial score (nSPS) is 23.5. The summed E-state index contributed by atoms with van der Waals surface area (Å²) in [6, 6.07) is 8.90. The van der Waals surface area contributed by atoms with Crippen molar-refractivity contribution in [2.45, 2.75) is 44.9 Å². The first kappa shape index (κ1) is 16.0. The Morgan fingerprint density at radius 2 is 2.10 bits per heavy atom. The average molecular weight is 341 g/mol. The number of piperidine rings is 1. The van der Waals surface area contributed by atoms with Crippen molar-refractivity contribution in [3.63, 3.8) is 0 Å². The van der Waals surface area contributed by atoms with Crippen LogP contribution in [0.5, 0.6) is 0 Å². The highest BCUT2D eigenvalue weighted by Gasteiger charge is 2.29. The Bertz CT molecular complexity index is 405. The quantitative estimate of drug-likeness (QED) is 0.893. The van der Waals surface area contributed by atoms with Gasteiger partial charge in [-0.25, -0.2) is 0 Å². The molecule has 1 aliphatic heterocycles. The molecular formula is C16H25BrN2O. The summed E-state index contributed by atoms with van der Waals surface area (Å²) in [6.07, 6.45) is 2.70. The summed E-state index contributed by atoms with van der Waals surface area (Å²) >= 11 is 3.49. The molecule has 1 heterocycles. The number of benzene rings is 1. The van der Waals surface area contributed by atoms with E-state index in [1.165, 1.54) is 12.0 Å². The van der Waals surface area contributed by atoms with Crippen LogP contribution in [0.15, 0.2) is 28.7 Å². The van der Waals surface area contributed by atoms with Gasteiger partial charge in [0.15, 0.2) is 0 Å². The molecule has 0 aromatic heterocycles. The Hall–Kier alpha value is -0.420. The van der Waals surface area contributed by atoms with Gasteiger partial charge in [-0.2, -0.15) is 0 Å². The Kier molecular flexibility index (Phi) is 6.02. The zero-order valence-corrected chi connectivity index (χ0v) is 14.0. The Morgan fingerprint density at radius 3 is 2.70 bits per heavy atom. The second-order valence-corrected chi connectivity index (χ2v) is 6.49. The second kappa shape index (κ2) is 7.55. The molecule has 1 aromatic rings. The molecule has 1 saturated heterocycles. The van der Waals surface area contributed by atoms with E-state index in [0.29, 0.717) is 6.10 Å². The average Bonchev–Trinajstić information content (AvgIpc) is 2.42. The maximum absolute atomic E-state index is 6.26. The van der Waals surface area contributed by atoms with Crippen LogP contribution in [0.4, 0.5) is 0 Å². The van der Waals surface area contributed by atoms with Crippen molar-refractivity contribution < 1.29 is 4.74 Å². The minimum atomic E-state index is 0.108. The molecule has 1 fully saturated rings. The van der Waals surface area contributed by atoms with E-state index in [1.807, 2.05) is 0 Å². The SMILES string of the molecule is CCOC1CCCN(C(c2ccc(Br)cc2)C(C)N)C1. The van der Waals surface area contributed by atoms with Crippen LogP contribution in [0.1, 0.15) is 38.3 Å². The number of likely N-dealkylation sites (tertiary alicyclic amines) is 1. The maximum Gasteiger partial charge on any atom is 0.0702 e. The van der Waals surface area contributed by atoms with Crippen LogP contribution in [0.3, 0.4) is 0 Å². The molecule has 2 N–H and O–H groups in total. The summed E-state index contributed by atoms with van der Waals surface area (Å²) < 4.78 is 6.91. The smallest absolute Gasteiger partial charge is 0.0702 e. The summed E-state index contributed by atoms with van der Waals surface area (Å²) in [5.41, 5.74) is 7.55. The van der Waals surface area contributed by atoms with Gasteiger partial charge in [0.2, 0.25) is 0 Å². The van der Waals surface area contributed by atoms with Gasteiger partial charge in [-0.05, 0) is 50.9 Å². The molecule has 0 spiro atoms. The molecule has 3 nitrogen and oxygen atoms in total. The van der Waals surface area contributed by atoms with E-state index in [0.717, 1.165) is 30.6 Å². The summed E-state index contributed by atoms with van der Waals surface area (Å²) in [5, 5.41) is 0. The third kappa shape index (κ3) is 4.04. The third-order valence-electron chi connectivity index (χ3n) is 3.91. The van der Waals surface area contributed by atoms with Crippen molar-refractivity contribution in [2.75, 3.05) is 19.7 Å². The van der Waals surface area contributed by atoms with Gasteiger partial charge in [0, 0.05) is 29.7 Å². The van der Waals surface area contributed by atoms with Gasteiger partial charge in [0.05, 0.1) is 6.10 Å². The van der Waals surface area contributed by atoms with E-state index in [4.69, 9.17) is 10.5 Å². The number of hydrogen-bond donors (Lipinski definition) is 1. The number of nitrogens with zero attached hydrogens (tertiary/aromatic N) is 1. The number of rotatable bonds is 5. The number of halogens is 1. The fourth-order valence-electron chi connectivity index (χ4n) is 3.10. The van der Waals surface area contributed by atoms with E-state index < -0.39 is 0 Å². The van der Waals surface area contributed by atoms with E-state index in [1.54, 1.807) is 0 Å². The summed E-state index contributed by atoms with van der Waals surface area (Å²) in [4.78, 5) is 2.48. The zero-order chi connectivity index (χ0) is 14.5. The predicted molar refractivity (Wildman–Crippen MR) is 86.8 cm³/mol. The van der Waals surface area contributed by atoms with Crippen molar-refractivity contribution in [2.24, 2.45) is 5.73 Å². The molecule has 112 valence electrons. The third-order valence-corrected chi connectivity index (χ3v) is 4.44. The van der Waals surface area contributed by atoms with Crippen LogP contribution in [0.25, 0.3) is 0 Å². The predicted octanol–water partition coefficient (Wildman–Crippen LogP) is 3.34. The molecule has 4 heteroatoms. The van der Waals surface area contributed by atoms with Gasteiger partial charge < -0.3 is 10.5 Å². The summed E-state index contributed by atoms with van der Waals surface area (Å²) in [6.45, 7) is 7.04. The molecule has 1 aromatic carbocycles. The number of ether oxygens (including phenoxy) is 1. The molecule has 0 bridgehead atoms. The number of nitrogens with two attached hydrogens (primary N) is 1. The number of hydrogen-bond acceptors (Lipinski definition) is 3.